The van der Waals surface area contributed by atoms with Crippen molar-refractivity contribution in [2.75, 3.05) is 0 Å². The molecule has 1 aliphatic heterocycles. The second-order valence-electron chi connectivity index (χ2n) is 5.92. The molecule has 4 rings (SSSR count). The number of para-hydroxylation sites is 1. The van der Waals surface area contributed by atoms with E-state index in [0.29, 0.717) is 22.8 Å². The number of rotatable bonds is 3. The molecule has 0 saturated carbocycles. The van der Waals surface area contributed by atoms with E-state index in [9.17, 15) is 14.4 Å². The number of nitrogens with zero attached hydrogens (tertiary/aromatic N) is 2. The van der Waals surface area contributed by atoms with Crippen LogP contribution in [0.2, 0.25) is 0 Å². The van der Waals surface area contributed by atoms with Gasteiger partial charge in [-0.2, -0.15) is 5.10 Å². The molecule has 4 amide bonds. The summed E-state index contributed by atoms with van der Waals surface area (Å²) in [5.74, 6) is -0.325. The lowest BCUT2D eigenvalue weighted by Crippen LogP contribution is -2.51. The smallest absolute Gasteiger partial charge is 0.328 e. The van der Waals surface area contributed by atoms with Crippen LogP contribution in [0.25, 0.3) is 23.2 Å². The van der Waals surface area contributed by atoms with Gasteiger partial charge in [0.15, 0.2) is 5.76 Å². The number of nitrogens with one attached hydrogen (secondary N) is 2. The number of hydrogen-bond acceptors (Lipinski definition) is 5. The van der Waals surface area contributed by atoms with Gasteiger partial charge in [-0.15, -0.1) is 0 Å². The fraction of sp³-hybridized carbons (Fsp3) is 0.0526. The van der Waals surface area contributed by atoms with Gasteiger partial charge in [0.2, 0.25) is 0 Å². The third-order valence-corrected chi connectivity index (χ3v) is 3.98. The second kappa shape index (κ2) is 6.41. The van der Waals surface area contributed by atoms with Crippen LogP contribution in [0.1, 0.15) is 11.3 Å². The van der Waals surface area contributed by atoms with Crippen LogP contribution in [0.5, 0.6) is 0 Å². The van der Waals surface area contributed by atoms with Gasteiger partial charge in [-0.05, 0) is 37.3 Å². The molecule has 2 N–H and O–H groups in total. The summed E-state index contributed by atoms with van der Waals surface area (Å²) in [6.07, 6.45) is 3.07. The summed E-state index contributed by atoms with van der Waals surface area (Å²) in [6.45, 7) is 1.81. The maximum atomic E-state index is 12.0. The van der Waals surface area contributed by atoms with Gasteiger partial charge in [-0.1, -0.05) is 18.2 Å². The molecule has 27 heavy (non-hydrogen) atoms. The first-order valence-corrected chi connectivity index (χ1v) is 8.11. The molecular formula is C19H14N4O4. The van der Waals surface area contributed by atoms with Crippen molar-refractivity contribution in [2.45, 2.75) is 6.92 Å². The number of carbonyl (C=O) groups excluding carboxylic acids is 3. The summed E-state index contributed by atoms with van der Waals surface area (Å²) < 4.78 is 7.29. The summed E-state index contributed by atoms with van der Waals surface area (Å²) in [4.78, 5) is 35.3. The minimum Gasteiger partial charge on any atom is -0.460 e. The highest BCUT2D eigenvalue weighted by atomic mass is 16.3. The zero-order valence-electron chi connectivity index (χ0n) is 14.2. The molecule has 0 bridgehead atoms. The third-order valence-electron chi connectivity index (χ3n) is 3.98. The molecule has 2 aromatic heterocycles. The number of aryl methyl sites for hydroxylation is 1. The Balaban J connectivity index is 1.85. The van der Waals surface area contributed by atoms with Gasteiger partial charge in [0.1, 0.15) is 17.0 Å². The summed E-state index contributed by atoms with van der Waals surface area (Å²) in [7, 11) is 0. The lowest BCUT2D eigenvalue weighted by atomic mass is 10.1. The molecule has 1 saturated heterocycles. The summed E-state index contributed by atoms with van der Waals surface area (Å²) in [6, 6.07) is 12.1. The Morgan fingerprint density at radius 1 is 1.00 bits per heavy atom. The van der Waals surface area contributed by atoms with Gasteiger partial charge in [0.25, 0.3) is 11.8 Å². The molecular weight excluding hydrogens is 348 g/mol. The highest BCUT2D eigenvalue weighted by Crippen LogP contribution is 2.27. The fourth-order valence-corrected chi connectivity index (χ4v) is 2.72. The Labute approximate surface area is 153 Å². The fourth-order valence-electron chi connectivity index (χ4n) is 2.72. The number of aromatic nitrogens is 2. The van der Waals surface area contributed by atoms with Gasteiger partial charge >= 0.3 is 6.03 Å². The van der Waals surface area contributed by atoms with E-state index < -0.39 is 17.8 Å². The summed E-state index contributed by atoms with van der Waals surface area (Å²) in [5.41, 5.74) is 1.59. The Morgan fingerprint density at radius 3 is 2.33 bits per heavy atom. The molecule has 0 atom stereocenters. The Bertz CT molecular complexity index is 1070. The predicted molar refractivity (Wildman–Crippen MR) is 95.7 cm³/mol. The first-order chi connectivity index (χ1) is 13.0. The third kappa shape index (κ3) is 3.15. The minimum atomic E-state index is -0.844. The Morgan fingerprint density at radius 2 is 1.70 bits per heavy atom. The number of carbonyl (C=O) groups is 3. The predicted octanol–water partition coefficient (Wildman–Crippen LogP) is 2.19. The molecule has 134 valence electrons. The van der Waals surface area contributed by atoms with E-state index >= 15 is 0 Å². The van der Waals surface area contributed by atoms with Crippen LogP contribution in [-0.4, -0.2) is 27.6 Å². The number of barbiturate groups is 1. The van der Waals surface area contributed by atoms with Crippen molar-refractivity contribution in [3.8, 4) is 17.1 Å². The molecule has 0 radical (unpaired) electrons. The highest BCUT2D eigenvalue weighted by Gasteiger charge is 2.28. The Hall–Kier alpha value is -3.94. The molecule has 0 unspecified atom stereocenters. The summed E-state index contributed by atoms with van der Waals surface area (Å²) in [5, 5.41) is 8.65. The molecule has 8 heteroatoms. The molecule has 1 aromatic carbocycles. The van der Waals surface area contributed by atoms with E-state index in [2.05, 4.69) is 15.7 Å². The number of furan rings is 1. The summed E-state index contributed by atoms with van der Waals surface area (Å²) >= 11 is 0. The van der Waals surface area contributed by atoms with E-state index in [1.807, 2.05) is 37.3 Å². The monoisotopic (exact) mass is 362 g/mol. The number of urea groups is 1. The zero-order chi connectivity index (χ0) is 19.0. The van der Waals surface area contributed by atoms with E-state index in [0.717, 1.165) is 5.69 Å². The average molecular weight is 362 g/mol. The van der Waals surface area contributed by atoms with Crippen LogP contribution in [0.4, 0.5) is 4.79 Å². The molecule has 3 heterocycles. The molecule has 1 fully saturated rings. The first-order valence-electron chi connectivity index (χ1n) is 8.11. The van der Waals surface area contributed by atoms with E-state index in [1.54, 1.807) is 23.0 Å². The SMILES string of the molecule is Cc1ccc(-c2nn(-c3ccccc3)cc2C=C2C(=O)NC(=O)NC2=O)o1. The van der Waals surface area contributed by atoms with Gasteiger partial charge in [-0.25, -0.2) is 9.48 Å². The van der Waals surface area contributed by atoms with Crippen molar-refractivity contribution in [1.29, 1.82) is 0 Å². The van der Waals surface area contributed by atoms with Crippen molar-refractivity contribution >= 4 is 23.9 Å². The standard InChI is InChI=1S/C19H14N4O4/c1-11-7-8-15(27-11)16-12(9-14-17(24)20-19(26)21-18(14)25)10-23(22-16)13-5-3-2-4-6-13/h2-10H,1H3,(H2,20,21,24,25,26). The van der Waals surface area contributed by atoms with Crippen LogP contribution in [0.3, 0.4) is 0 Å². The van der Waals surface area contributed by atoms with Crippen molar-refractivity contribution < 1.29 is 18.8 Å². The maximum absolute atomic E-state index is 12.0. The van der Waals surface area contributed by atoms with Crippen molar-refractivity contribution in [3.63, 3.8) is 0 Å². The molecule has 3 aromatic rings. The average Bonchev–Trinajstić information content (AvgIpc) is 3.25. The van der Waals surface area contributed by atoms with Crippen molar-refractivity contribution in [1.82, 2.24) is 20.4 Å². The number of benzene rings is 1. The topological polar surface area (TPSA) is 106 Å². The molecule has 0 aliphatic carbocycles. The number of hydrogen-bond donors (Lipinski definition) is 2. The molecule has 0 spiro atoms. The van der Waals surface area contributed by atoms with Gasteiger partial charge < -0.3 is 4.42 Å². The van der Waals surface area contributed by atoms with Crippen LogP contribution >= 0.6 is 0 Å². The lowest BCUT2D eigenvalue weighted by Gasteiger charge is -2.13. The first kappa shape index (κ1) is 16.5. The van der Waals surface area contributed by atoms with Gasteiger partial charge in [-0.3, -0.25) is 20.2 Å². The quantitative estimate of drug-likeness (QED) is 0.549. The van der Waals surface area contributed by atoms with E-state index in [1.165, 1.54) is 6.08 Å². The van der Waals surface area contributed by atoms with Crippen LogP contribution < -0.4 is 10.6 Å². The Kier molecular flexibility index (Phi) is 3.92. The number of amides is 4. The van der Waals surface area contributed by atoms with Crippen LogP contribution in [0.15, 0.2) is 58.7 Å². The zero-order valence-corrected chi connectivity index (χ0v) is 14.2. The highest BCUT2D eigenvalue weighted by molar-refractivity contribution is 6.31. The molecule has 1 aliphatic rings. The van der Waals surface area contributed by atoms with Crippen LogP contribution in [-0.2, 0) is 9.59 Å². The van der Waals surface area contributed by atoms with Gasteiger partial charge in [0, 0.05) is 11.8 Å². The van der Waals surface area contributed by atoms with Crippen molar-refractivity contribution in [3.05, 3.63) is 65.6 Å². The maximum Gasteiger partial charge on any atom is 0.328 e. The second-order valence-corrected chi connectivity index (χ2v) is 5.92. The van der Waals surface area contributed by atoms with E-state index in [4.69, 9.17) is 4.42 Å². The largest absolute Gasteiger partial charge is 0.460 e. The molecule has 8 nitrogen and oxygen atoms in total. The normalized spacial score (nSPS) is 14.1. The number of imide groups is 2. The van der Waals surface area contributed by atoms with Gasteiger partial charge in [0.05, 0.1) is 5.69 Å². The lowest BCUT2D eigenvalue weighted by molar-refractivity contribution is -0.123. The van der Waals surface area contributed by atoms with Crippen LogP contribution in [0, 0.1) is 6.92 Å². The van der Waals surface area contributed by atoms with E-state index in [-0.39, 0.29) is 5.57 Å². The minimum absolute atomic E-state index is 0.188. The van der Waals surface area contributed by atoms with Crippen molar-refractivity contribution in [2.24, 2.45) is 0 Å².